The van der Waals surface area contributed by atoms with Crippen LogP contribution in [0.3, 0.4) is 0 Å². The Balaban J connectivity index is 1.26. The Hall–Kier alpha value is -5.49. The summed E-state index contributed by atoms with van der Waals surface area (Å²) in [5.74, 6) is 0.844. The van der Waals surface area contributed by atoms with Gasteiger partial charge in [-0.15, -0.1) is 0 Å². The summed E-state index contributed by atoms with van der Waals surface area (Å²) in [4.78, 5) is 30.0. The van der Waals surface area contributed by atoms with E-state index >= 15 is 0 Å². The summed E-state index contributed by atoms with van der Waals surface area (Å²) in [5.41, 5.74) is 14.8. The zero-order valence-electron chi connectivity index (χ0n) is 26.2. The van der Waals surface area contributed by atoms with Gasteiger partial charge in [0, 0.05) is 65.6 Å². The van der Waals surface area contributed by atoms with Crippen molar-refractivity contribution in [3.8, 4) is 11.1 Å². The van der Waals surface area contributed by atoms with E-state index < -0.39 is 5.97 Å². The van der Waals surface area contributed by atoms with Gasteiger partial charge in [0.25, 0.3) is 0 Å². The Kier molecular flexibility index (Phi) is 9.58. The number of nitrogens with two attached hydrogens (primary N) is 1. The molecule has 238 valence electrons. The molecular weight excluding hydrogens is 592 g/mol. The fourth-order valence-electron chi connectivity index (χ4n) is 5.48. The minimum Gasteiger partial charge on any atom is -0.460 e. The largest absolute Gasteiger partial charge is 0.460 e. The van der Waals surface area contributed by atoms with Gasteiger partial charge < -0.3 is 31.5 Å². The van der Waals surface area contributed by atoms with Crippen LogP contribution in [-0.4, -0.2) is 50.7 Å². The number of carbonyl (C=O) groups excluding carboxylic acids is 1. The first kappa shape index (κ1) is 31.5. The summed E-state index contributed by atoms with van der Waals surface area (Å²) in [7, 11) is 0. The predicted molar refractivity (Wildman–Crippen MR) is 185 cm³/mol. The van der Waals surface area contributed by atoms with Crippen molar-refractivity contribution in [2.24, 2.45) is 5.73 Å². The van der Waals surface area contributed by atoms with Gasteiger partial charge in [-0.25, -0.2) is 9.97 Å². The van der Waals surface area contributed by atoms with Crippen molar-refractivity contribution in [1.29, 1.82) is 0 Å². The van der Waals surface area contributed by atoms with Crippen LogP contribution in [0.2, 0.25) is 0 Å². The Morgan fingerprint density at radius 3 is 1.89 bits per heavy atom. The molecule has 11 nitrogen and oxygen atoms in total. The average molecular weight is 629 g/mol. The number of rotatable bonds is 12. The van der Waals surface area contributed by atoms with Gasteiger partial charge in [0.15, 0.2) is 11.6 Å². The average Bonchev–Trinajstić information content (AvgIpc) is 3.09. The number of pyridine rings is 4. The molecule has 0 aliphatic carbocycles. The molecule has 0 spiro atoms. The highest BCUT2D eigenvalue weighted by molar-refractivity contribution is 5.92. The third-order valence-electron chi connectivity index (χ3n) is 7.96. The molecule has 0 radical (unpaired) electrons. The van der Waals surface area contributed by atoms with E-state index in [-0.39, 0.29) is 19.8 Å². The summed E-state index contributed by atoms with van der Waals surface area (Å²) in [6.45, 7) is 5.38. The normalized spacial score (nSPS) is 11.1. The van der Waals surface area contributed by atoms with Crippen molar-refractivity contribution in [2.45, 2.75) is 27.0 Å². The number of esters is 1. The topological polar surface area (TPSA) is 160 Å². The number of aliphatic hydroxyl groups is 1. The first-order valence-corrected chi connectivity index (χ1v) is 15.3. The molecule has 0 bridgehead atoms. The van der Waals surface area contributed by atoms with Crippen LogP contribution in [0.4, 0.5) is 23.0 Å². The number of anilines is 4. The number of hydrogen-bond donors (Lipinski definition) is 5. The molecule has 0 unspecified atom stereocenters. The van der Waals surface area contributed by atoms with Gasteiger partial charge >= 0.3 is 5.97 Å². The molecule has 0 fully saturated rings. The van der Waals surface area contributed by atoms with E-state index in [1.807, 2.05) is 48.7 Å². The minimum atomic E-state index is -0.463. The van der Waals surface area contributed by atoms with Gasteiger partial charge in [-0.1, -0.05) is 24.3 Å². The lowest BCUT2D eigenvalue weighted by Gasteiger charge is -2.18. The molecule has 0 aliphatic heterocycles. The van der Waals surface area contributed by atoms with Crippen molar-refractivity contribution < 1.29 is 14.6 Å². The SMILES string of the molecule is Cc1c(Nc2nccc3cc(CNCCO)cnc23)cccc1-c1cccc(Nc2nccc3cc(COC(=O)CN)cnc23)c1C. The maximum absolute atomic E-state index is 11.5. The molecule has 6 aromatic rings. The highest BCUT2D eigenvalue weighted by Gasteiger charge is 2.15. The predicted octanol–water partition coefficient (Wildman–Crippen LogP) is 5.43. The molecular formula is C36H36N8O3. The first-order valence-electron chi connectivity index (χ1n) is 15.3. The molecule has 0 saturated carbocycles. The molecule has 0 saturated heterocycles. The molecule has 4 aromatic heterocycles. The highest BCUT2D eigenvalue weighted by Crippen LogP contribution is 2.36. The quantitative estimate of drug-likeness (QED) is 0.0869. The number of nitrogens with one attached hydrogen (secondary N) is 3. The summed E-state index contributed by atoms with van der Waals surface area (Å²) < 4.78 is 5.16. The van der Waals surface area contributed by atoms with Crippen LogP contribution in [-0.2, 0) is 22.7 Å². The highest BCUT2D eigenvalue weighted by atomic mass is 16.5. The van der Waals surface area contributed by atoms with Crippen LogP contribution in [0, 0.1) is 13.8 Å². The molecule has 2 aromatic carbocycles. The van der Waals surface area contributed by atoms with E-state index in [4.69, 9.17) is 20.6 Å². The van der Waals surface area contributed by atoms with E-state index in [1.165, 1.54) is 0 Å². The van der Waals surface area contributed by atoms with Crippen molar-refractivity contribution in [3.05, 3.63) is 108 Å². The summed E-state index contributed by atoms with van der Waals surface area (Å²) in [5, 5.41) is 21.1. The summed E-state index contributed by atoms with van der Waals surface area (Å²) in [6, 6.07) is 20.2. The molecule has 11 heteroatoms. The van der Waals surface area contributed by atoms with Gasteiger partial charge in [-0.2, -0.15) is 0 Å². The first-order chi connectivity index (χ1) is 22.9. The Bertz CT molecular complexity index is 2070. The van der Waals surface area contributed by atoms with E-state index in [1.54, 1.807) is 18.6 Å². The number of aliphatic hydroxyl groups excluding tert-OH is 1. The van der Waals surface area contributed by atoms with E-state index in [9.17, 15) is 4.79 Å². The molecule has 4 heterocycles. The molecule has 6 N–H and O–H groups in total. The molecule has 0 atom stereocenters. The van der Waals surface area contributed by atoms with Gasteiger partial charge in [0.05, 0.1) is 13.2 Å². The number of nitrogens with zero attached hydrogens (tertiary/aromatic N) is 4. The van der Waals surface area contributed by atoms with E-state index in [0.29, 0.717) is 30.2 Å². The molecule has 0 aliphatic rings. The third kappa shape index (κ3) is 7.02. The van der Waals surface area contributed by atoms with Crippen LogP contribution in [0.5, 0.6) is 0 Å². The zero-order valence-corrected chi connectivity index (χ0v) is 26.2. The standard InChI is InChI=1S/C36H36N8O3/c1-22-28(5-3-7-30(22)43-35-33-26(9-11-39-35)15-24(19-41-33)18-38-13-14-45)29-6-4-8-31(23(29)2)44-36-34-27(10-12-40-36)16-25(20-42-34)21-47-32(46)17-37/h3-12,15-16,19-20,38,45H,13-14,17-18,21,37H2,1-2H3,(H,39,43)(H,40,44). The Morgan fingerprint density at radius 2 is 1.34 bits per heavy atom. The Morgan fingerprint density at radius 1 is 0.787 bits per heavy atom. The molecule has 0 amide bonds. The van der Waals surface area contributed by atoms with Gasteiger partial charge in [-0.05, 0) is 78.1 Å². The molecule has 47 heavy (non-hydrogen) atoms. The smallest absolute Gasteiger partial charge is 0.320 e. The Labute approximate surface area is 272 Å². The summed E-state index contributed by atoms with van der Waals surface area (Å²) >= 11 is 0. The second-order valence-corrected chi connectivity index (χ2v) is 11.1. The van der Waals surface area contributed by atoms with Crippen LogP contribution in [0.1, 0.15) is 22.3 Å². The fourth-order valence-corrected chi connectivity index (χ4v) is 5.48. The maximum atomic E-state index is 11.5. The van der Waals surface area contributed by atoms with Crippen molar-refractivity contribution in [3.63, 3.8) is 0 Å². The maximum Gasteiger partial charge on any atom is 0.320 e. The van der Waals surface area contributed by atoms with Gasteiger partial charge in [0.1, 0.15) is 17.6 Å². The lowest BCUT2D eigenvalue weighted by molar-refractivity contribution is -0.143. The lowest BCUT2D eigenvalue weighted by Crippen LogP contribution is -2.17. The number of hydrogen-bond acceptors (Lipinski definition) is 11. The van der Waals surface area contributed by atoms with Crippen LogP contribution < -0.4 is 21.7 Å². The van der Waals surface area contributed by atoms with Crippen LogP contribution >= 0.6 is 0 Å². The number of ether oxygens (including phenoxy) is 1. The van der Waals surface area contributed by atoms with Crippen LogP contribution in [0.25, 0.3) is 32.9 Å². The van der Waals surface area contributed by atoms with E-state index in [2.05, 4.69) is 62.9 Å². The van der Waals surface area contributed by atoms with Gasteiger partial charge in [0.2, 0.25) is 0 Å². The fraction of sp³-hybridized carbons (Fsp3) is 0.194. The minimum absolute atomic E-state index is 0.0932. The monoisotopic (exact) mass is 628 g/mol. The zero-order chi connectivity index (χ0) is 32.8. The summed E-state index contributed by atoms with van der Waals surface area (Å²) in [6.07, 6.45) is 7.03. The van der Waals surface area contributed by atoms with Gasteiger partial charge in [-0.3, -0.25) is 14.8 Å². The van der Waals surface area contributed by atoms with Crippen molar-refractivity contribution >= 4 is 50.8 Å². The van der Waals surface area contributed by atoms with E-state index in [0.717, 1.165) is 61.0 Å². The second kappa shape index (κ2) is 14.3. The molecule has 6 rings (SSSR count). The third-order valence-corrected chi connectivity index (χ3v) is 7.96. The second-order valence-electron chi connectivity index (χ2n) is 11.1. The number of carbonyl (C=O) groups is 1. The lowest BCUT2D eigenvalue weighted by atomic mass is 9.94. The van der Waals surface area contributed by atoms with Crippen molar-refractivity contribution in [1.82, 2.24) is 25.3 Å². The number of fused-ring (bicyclic) bond motifs is 2. The number of benzene rings is 2. The van der Waals surface area contributed by atoms with Crippen molar-refractivity contribution in [2.75, 3.05) is 30.3 Å². The van der Waals surface area contributed by atoms with Crippen LogP contribution in [0.15, 0.2) is 85.5 Å². The number of aromatic nitrogens is 4.